The van der Waals surface area contributed by atoms with Crippen molar-refractivity contribution in [3.8, 4) is 0 Å². The van der Waals surface area contributed by atoms with Gasteiger partial charge in [-0.2, -0.15) is 4.58 Å². The molecule has 17 nitrogen and oxygen atoms in total. The van der Waals surface area contributed by atoms with Gasteiger partial charge in [-0.1, -0.05) is 55.3 Å². The van der Waals surface area contributed by atoms with E-state index in [1.807, 2.05) is 55.4 Å². The maximum absolute atomic E-state index is 14.6. The van der Waals surface area contributed by atoms with Crippen molar-refractivity contribution < 1.29 is 52.7 Å². The zero-order valence-corrected chi connectivity index (χ0v) is 39.7. The van der Waals surface area contributed by atoms with Crippen molar-refractivity contribution in [1.29, 1.82) is 0 Å². The number of rotatable bonds is 21. The summed E-state index contributed by atoms with van der Waals surface area (Å²) in [6.07, 6.45) is 8.70. The molecule has 2 aromatic rings. The van der Waals surface area contributed by atoms with Crippen LogP contribution in [0.3, 0.4) is 0 Å². The number of carbonyl (C=O) groups is 6. The van der Waals surface area contributed by atoms with Gasteiger partial charge < -0.3 is 30.5 Å². The molecule has 5 aliphatic rings. The number of nitrogens with zero attached hydrogens (tertiary/aromatic N) is 4. The minimum atomic E-state index is -1.08. The van der Waals surface area contributed by atoms with Crippen LogP contribution in [-0.2, 0) is 53.7 Å². The summed E-state index contributed by atoms with van der Waals surface area (Å²) >= 11 is 0.647. The number of hydrogen-bond acceptors (Lipinski definition) is 13. The molecule has 0 unspecified atom stereocenters. The van der Waals surface area contributed by atoms with Gasteiger partial charge in [0.15, 0.2) is 11.5 Å². The van der Waals surface area contributed by atoms with Crippen LogP contribution in [0.4, 0.5) is 11.4 Å². The standard InChI is InChI=1S/C49H59N7O10S/c1-48(2)33-14-7-9-16-36(33)53(5)39(48)28-31-44(32(45(31)60)29-40-49(3,4)34-15-8-10-17-37(34)54(40)6)55-24-13-18-38(55)47(62)52-35(30-67-66-65-63)46(61)51-22-12-11-19-41(57)50-23-26-64-27-25-56-42(58)20-21-43(56)59/h7-10,14-17,20-21,28-29,35,38H,11-13,18-19,22-27,30H2,1-6H3,(H3-,50,51,52,57,61,62,63)/p+1/t35-,38+/m0/s1. The van der Waals surface area contributed by atoms with Crippen LogP contribution in [0, 0.1) is 0 Å². The number of benzene rings is 2. The average molecular weight is 939 g/mol. The Hall–Kier alpha value is -5.92. The summed E-state index contributed by atoms with van der Waals surface area (Å²) < 4.78 is 12.2. The van der Waals surface area contributed by atoms with Crippen LogP contribution in [0.1, 0.15) is 70.9 Å². The van der Waals surface area contributed by atoms with Crippen LogP contribution in [0.2, 0.25) is 0 Å². The summed E-state index contributed by atoms with van der Waals surface area (Å²) in [6, 6.07) is 14.6. The second-order valence-corrected chi connectivity index (χ2v) is 18.9. The Morgan fingerprint density at radius 1 is 0.925 bits per heavy atom. The minimum absolute atomic E-state index is 0.0944. The Bertz CT molecular complexity index is 2460. The number of unbranched alkanes of at least 4 members (excludes halogenated alkanes) is 1. The molecule has 4 heterocycles. The number of ether oxygens (including phenoxy) is 1. The minimum Gasteiger partial charge on any atom is -0.378 e. The molecule has 1 aliphatic carbocycles. The van der Waals surface area contributed by atoms with Crippen LogP contribution in [-0.4, -0.2) is 132 Å². The molecule has 0 saturated carbocycles. The third-order valence-corrected chi connectivity index (χ3v) is 13.9. The zero-order chi connectivity index (χ0) is 48.0. The number of para-hydroxylation sites is 2. The predicted octanol–water partition coefficient (Wildman–Crippen LogP) is 4.13. The van der Waals surface area contributed by atoms with Gasteiger partial charge in [-0.3, -0.25) is 33.7 Å². The SMILES string of the molecule is CN1C(=CC2=C(N3CCC[C@@H]3C(=O)N[C@@H](CSOOO)C(=O)NCCCCC(=O)NCCOCCN3C(=O)C=CC3=O)C(=CC3=[N+](C)c4ccccc4C3(C)C)C2=O)C(C)(C)c2ccccc21. The maximum Gasteiger partial charge on any atom is 0.253 e. The summed E-state index contributed by atoms with van der Waals surface area (Å²) in [5.41, 5.74) is 7.28. The van der Waals surface area contributed by atoms with Crippen LogP contribution < -0.4 is 20.9 Å². The molecule has 67 heavy (non-hydrogen) atoms. The van der Waals surface area contributed by atoms with Gasteiger partial charge in [0, 0.05) is 97.4 Å². The van der Waals surface area contributed by atoms with Crippen LogP contribution >= 0.6 is 12.0 Å². The number of nitrogens with one attached hydrogen (secondary N) is 3. The smallest absolute Gasteiger partial charge is 0.253 e. The van der Waals surface area contributed by atoms with Gasteiger partial charge in [-0.05, 0) is 57.2 Å². The fourth-order valence-electron chi connectivity index (χ4n) is 9.69. The molecule has 2 aromatic carbocycles. The van der Waals surface area contributed by atoms with Gasteiger partial charge in [-0.15, -0.1) is 4.33 Å². The van der Waals surface area contributed by atoms with Gasteiger partial charge >= 0.3 is 0 Å². The quantitative estimate of drug-likeness (QED) is 0.0265. The van der Waals surface area contributed by atoms with E-state index >= 15 is 0 Å². The number of Topliss-reactive ketones (excluding diaryl/α,β-unsaturated/α-hetero) is 1. The Kier molecular flexibility index (Phi) is 15.3. The molecule has 0 bridgehead atoms. The van der Waals surface area contributed by atoms with Crippen molar-refractivity contribution in [3.05, 3.63) is 107 Å². The van der Waals surface area contributed by atoms with Gasteiger partial charge in [0.2, 0.25) is 23.4 Å². The lowest BCUT2D eigenvalue weighted by Crippen LogP contribution is -2.54. The zero-order valence-electron chi connectivity index (χ0n) is 38.9. The molecule has 4 N–H and O–H groups in total. The molecule has 356 valence electrons. The molecular weight excluding hydrogens is 879 g/mol. The van der Waals surface area contributed by atoms with E-state index in [-0.39, 0.29) is 68.5 Å². The largest absolute Gasteiger partial charge is 0.378 e. The number of fused-ring (bicyclic) bond motifs is 2. The Labute approximate surface area is 395 Å². The monoisotopic (exact) mass is 938 g/mol. The highest BCUT2D eigenvalue weighted by molar-refractivity contribution is 7.94. The summed E-state index contributed by atoms with van der Waals surface area (Å²) in [6.45, 7) is 10.1. The van der Waals surface area contributed by atoms with E-state index in [0.717, 1.165) is 38.8 Å². The topological polar surface area (TPSA) is 199 Å². The molecule has 1 fully saturated rings. The van der Waals surface area contributed by atoms with E-state index in [0.29, 0.717) is 61.1 Å². The molecule has 2 atom stereocenters. The molecule has 0 aromatic heterocycles. The molecule has 0 spiro atoms. The molecule has 4 aliphatic heterocycles. The van der Waals surface area contributed by atoms with E-state index in [9.17, 15) is 28.8 Å². The number of imide groups is 1. The van der Waals surface area contributed by atoms with E-state index < -0.39 is 34.7 Å². The Balaban J connectivity index is 1.02. The summed E-state index contributed by atoms with van der Waals surface area (Å²) in [5, 5.41) is 21.1. The fourth-order valence-corrected chi connectivity index (χ4v) is 10.2. The lowest BCUT2D eigenvalue weighted by atomic mass is 9.76. The van der Waals surface area contributed by atoms with Crippen LogP contribution in [0.5, 0.6) is 0 Å². The highest BCUT2D eigenvalue weighted by atomic mass is 32.2. The van der Waals surface area contributed by atoms with E-state index in [2.05, 4.69) is 86.8 Å². The lowest BCUT2D eigenvalue weighted by molar-refractivity contribution is -0.432. The second-order valence-electron chi connectivity index (χ2n) is 18.2. The van der Waals surface area contributed by atoms with E-state index in [1.165, 1.54) is 12.2 Å². The van der Waals surface area contributed by atoms with Gasteiger partial charge in [0.1, 0.15) is 19.1 Å². The number of carbonyl (C=O) groups excluding carboxylic acids is 6. The molecule has 18 heteroatoms. The number of hydrogen-bond donors (Lipinski definition) is 4. The molecule has 5 amide bonds. The van der Waals surface area contributed by atoms with Gasteiger partial charge in [0.05, 0.1) is 42.2 Å². The Morgan fingerprint density at radius 2 is 1.64 bits per heavy atom. The number of amides is 5. The van der Waals surface area contributed by atoms with Crippen molar-refractivity contribution >= 4 is 64.4 Å². The third-order valence-electron chi connectivity index (χ3n) is 13.3. The highest BCUT2D eigenvalue weighted by Crippen LogP contribution is 2.49. The van der Waals surface area contributed by atoms with Crippen molar-refractivity contribution in [2.75, 3.05) is 64.1 Å². The molecule has 7 rings (SSSR count). The first-order chi connectivity index (χ1) is 32.1. The predicted molar refractivity (Wildman–Crippen MR) is 252 cm³/mol. The number of ketones is 1. The van der Waals surface area contributed by atoms with Gasteiger partial charge in [-0.25, -0.2) is 5.26 Å². The van der Waals surface area contributed by atoms with Crippen molar-refractivity contribution in [1.82, 2.24) is 25.8 Å². The first kappa shape index (κ1) is 49.0. The maximum atomic E-state index is 14.6. The number of likely N-dealkylation sites (tertiary alicyclic amines) is 1. The summed E-state index contributed by atoms with van der Waals surface area (Å²) in [4.78, 5) is 83.4. The number of likely N-dealkylation sites (N-methyl/N-ethyl adjacent to an activating group) is 1. The van der Waals surface area contributed by atoms with Crippen LogP contribution in [0.25, 0.3) is 0 Å². The van der Waals surface area contributed by atoms with Gasteiger partial charge in [0.25, 0.3) is 11.8 Å². The van der Waals surface area contributed by atoms with Crippen molar-refractivity contribution in [2.24, 2.45) is 0 Å². The Morgan fingerprint density at radius 3 is 2.36 bits per heavy atom. The second kappa shape index (κ2) is 20.9. The van der Waals surface area contributed by atoms with Crippen LogP contribution in [0.15, 0.2) is 95.4 Å². The molecular formula is C49H60N7O10S+. The number of allylic oxidation sites excluding steroid dienone is 5. The third kappa shape index (κ3) is 10.2. The highest BCUT2D eigenvalue weighted by Gasteiger charge is 2.49. The van der Waals surface area contributed by atoms with Crippen molar-refractivity contribution in [3.63, 3.8) is 0 Å². The molecule has 0 radical (unpaired) electrons. The first-order valence-corrected chi connectivity index (χ1v) is 23.6. The number of anilines is 1. The average Bonchev–Trinajstić information content (AvgIpc) is 4.01. The normalized spacial score (nSPS) is 20.9. The summed E-state index contributed by atoms with van der Waals surface area (Å²) in [7, 11) is 4.02. The first-order valence-electron chi connectivity index (χ1n) is 22.7. The molecule has 1 saturated heterocycles. The fraction of sp³-hybridized carbons (Fsp3) is 0.449. The van der Waals surface area contributed by atoms with E-state index in [4.69, 9.17) is 9.99 Å². The van der Waals surface area contributed by atoms with Crippen molar-refractivity contribution in [2.45, 2.75) is 82.7 Å². The lowest BCUT2D eigenvalue weighted by Gasteiger charge is -2.37. The van der Waals surface area contributed by atoms with E-state index in [1.54, 1.807) is 0 Å². The summed E-state index contributed by atoms with van der Waals surface area (Å²) in [5.74, 6) is -2.04.